The van der Waals surface area contributed by atoms with Crippen molar-refractivity contribution < 1.29 is 9.80 Å². The molecule has 2 aromatic heterocycles. The molecule has 3 heterocycles. The van der Waals surface area contributed by atoms with E-state index in [1.165, 1.54) is 4.90 Å². The predicted molar refractivity (Wildman–Crippen MR) is 81.7 cm³/mol. The lowest BCUT2D eigenvalue weighted by Crippen LogP contribution is -3.04. The fourth-order valence-corrected chi connectivity index (χ4v) is 2.18. The summed E-state index contributed by atoms with van der Waals surface area (Å²) in [6.07, 6.45) is 3.31. The molecule has 3 rings (SSSR count). The van der Waals surface area contributed by atoms with Gasteiger partial charge in [-0.15, -0.1) is 7.05 Å². The number of anilines is 1. The van der Waals surface area contributed by atoms with Crippen LogP contribution in [0.1, 0.15) is 13.8 Å². The van der Waals surface area contributed by atoms with Gasteiger partial charge in [0.15, 0.2) is 11.7 Å². The number of carbonyl (C=O) groups is 1. The maximum atomic E-state index is 12.3. The molecule has 1 unspecified atom stereocenters. The number of carbonyl (C=O) groups excluding carboxylic acids is 1. The van der Waals surface area contributed by atoms with Crippen LogP contribution >= 0.6 is 0 Å². The summed E-state index contributed by atoms with van der Waals surface area (Å²) in [6, 6.07) is 6.88. The van der Waals surface area contributed by atoms with Crippen LogP contribution in [0.15, 0.2) is 41.8 Å². The first kappa shape index (κ1) is 14.3. The molecule has 1 N–H and O–H groups in total. The van der Waals surface area contributed by atoms with Crippen LogP contribution in [-0.4, -0.2) is 26.8 Å². The zero-order valence-electron chi connectivity index (χ0n) is 12.4. The summed E-state index contributed by atoms with van der Waals surface area (Å²) in [5, 5.41) is 4.49. The molecule has 2 amide bonds. The molecular weight excluding hydrogens is 280 g/mol. The molecule has 0 aromatic carbocycles. The van der Waals surface area contributed by atoms with Gasteiger partial charge in [-0.2, -0.15) is 4.90 Å². The van der Waals surface area contributed by atoms with Crippen molar-refractivity contribution in [3.8, 4) is 11.5 Å². The zero-order chi connectivity index (χ0) is 15.7. The largest absolute Gasteiger partial charge is 0.428 e. The Morgan fingerprint density at radius 2 is 1.91 bits per heavy atom. The van der Waals surface area contributed by atoms with Crippen molar-refractivity contribution in [3.05, 3.63) is 43.7 Å². The van der Waals surface area contributed by atoms with Crippen molar-refractivity contribution in [1.29, 1.82) is 0 Å². The average molecular weight is 296 g/mol. The van der Waals surface area contributed by atoms with Crippen molar-refractivity contribution in [2.45, 2.75) is 13.8 Å². The van der Waals surface area contributed by atoms with Gasteiger partial charge in [-0.1, -0.05) is 25.0 Å². The standard InChI is InChI=1S/C15H16N6O/c1-10(2)14-19-20(3)15(22)21(14)12-7-4-6-11(18-12)13-16-8-5-9-17-13/h4-10,20H,3H2,1-2H3. The maximum absolute atomic E-state index is 12.3. The highest BCUT2D eigenvalue weighted by Gasteiger charge is 2.36. The van der Waals surface area contributed by atoms with Crippen LogP contribution in [-0.2, 0) is 0 Å². The monoisotopic (exact) mass is 296 g/mol. The average Bonchev–Trinajstić information content (AvgIpc) is 2.84. The van der Waals surface area contributed by atoms with E-state index >= 15 is 0 Å². The lowest BCUT2D eigenvalue weighted by molar-refractivity contribution is -0.766. The summed E-state index contributed by atoms with van der Waals surface area (Å²) < 4.78 is 0. The van der Waals surface area contributed by atoms with E-state index < -0.39 is 0 Å². The van der Waals surface area contributed by atoms with Crippen molar-refractivity contribution in [2.24, 2.45) is 11.0 Å². The predicted octanol–water partition coefficient (Wildman–Crippen LogP) is 1.12. The number of pyridine rings is 1. The number of hydrogen-bond acceptors (Lipinski definition) is 5. The molecule has 1 atom stereocenters. The molecule has 7 nitrogen and oxygen atoms in total. The Morgan fingerprint density at radius 1 is 1.18 bits per heavy atom. The third-order valence-electron chi connectivity index (χ3n) is 3.20. The molecule has 0 fully saturated rings. The van der Waals surface area contributed by atoms with Crippen LogP contribution in [0.2, 0.25) is 0 Å². The van der Waals surface area contributed by atoms with E-state index in [2.05, 4.69) is 27.1 Å². The number of urea groups is 1. The van der Waals surface area contributed by atoms with E-state index in [0.29, 0.717) is 23.2 Å². The molecule has 0 bridgehead atoms. The second kappa shape index (κ2) is 5.61. The summed E-state index contributed by atoms with van der Waals surface area (Å²) in [5.74, 6) is 1.74. The quantitative estimate of drug-likeness (QED) is 0.861. The number of quaternary nitrogens is 1. The number of nitrogens with one attached hydrogen (secondary N) is 1. The Labute approximate surface area is 128 Å². The molecule has 7 heteroatoms. The summed E-state index contributed by atoms with van der Waals surface area (Å²) in [5.41, 5.74) is 0.603. The summed E-state index contributed by atoms with van der Waals surface area (Å²) >= 11 is 0. The van der Waals surface area contributed by atoms with Gasteiger partial charge in [0.25, 0.3) is 0 Å². The summed E-state index contributed by atoms with van der Waals surface area (Å²) in [4.78, 5) is 26.7. The van der Waals surface area contributed by atoms with E-state index in [0.717, 1.165) is 0 Å². The number of rotatable bonds is 3. The SMILES string of the molecule is [CH2-][NH+]1N=C(C(C)C)N(c2cccc(-c3ncccn3)n2)C1=O. The van der Waals surface area contributed by atoms with Gasteiger partial charge in [-0.05, 0) is 18.2 Å². The smallest absolute Gasteiger partial charge is 0.254 e. The lowest BCUT2D eigenvalue weighted by atomic mass is 10.2. The fraction of sp³-hybridized carbons (Fsp3) is 0.200. The van der Waals surface area contributed by atoms with E-state index in [9.17, 15) is 4.79 Å². The van der Waals surface area contributed by atoms with E-state index in [1.807, 2.05) is 19.9 Å². The minimum atomic E-state index is -0.248. The Bertz CT molecular complexity index is 728. The lowest BCUT2D eigenvalue weighted by Gasteiger charge is -2.17. The van der Waals surface area contributed by atoms with Gasteiger partial charge in [0, 0.05) is 18.3 Å². The third-order valence-corrected chi connectivity index (χ3v) is 3.20. The Balaban J connectivity index is 2.02. The number of hydrogen-bond donors (Lipinski definition) is 1. The molecule has 0 saturated heterocycles. The minimum absolute atomic E-state index is 0.0848. The highest BCUT2D eigenvalue weighted by molar-refractivity contribution is 6.16. The van der Waals surface area contributed by atoms with Gasteiger partial charge in [0.2, 0.25) is 0 Å². The zero-order valence-corrected chi connectivity index (χ0v) is 12.4. The van der Waals surface area contributed by atoms with Crippen LogP contribution < -0.4 is 9.91 Å². The van der Waals surface area contributed by atoms with Gasteiger partial charge in [0.05, 0.1) is 0 Å². The summed E-state index contributed by atoms with van der Waals surface area (Å²) in [7, 11) is 3.69. The fourth-order valence-electron chi connectivity index (χ4n) is 2.18. The van der Waals surface area contributed by atoms with Crippen LogP contribution in [0.3, 0.4) is 0 Å². The first-order chi connectivity index (χ1) is 10.6. The molecule has 1 aliphatic rings. The normalized spacial score (nSPS) is 18.0. The van der Waals surface area contributed by atoms with Gasteiger partial charge >= 0.3 is 6.03 Å². The molecular formula is C15H16N6O. The van der Waals surface area contributed by atoms with E-state index in [-0.39, 0.29) is 17.0 Å². The Hall–Kier alpha value is -2.67. The highest BCUT2D eigenvalue weighted by atomic mass is 16.2. The Kier molecular flexibility index (Phi) is 3.64. The summed E-state index contributed by atoms with van der Waals surface area (Å²) in [6.45, 7) is 3.95. The van der Waals surface area contributed by atoms with Crippen molar-refractivity contribution >= 4 is 17.7 Å². The van der Waals surface area contributed by atoms with Gasteiger partial charge < -0.3 is 0 Å². The van der Waals surface area contributed by atoms with Crippen LogP contribution in [0.4, 0.5) is 10.6 Å². The third kappa shape index (κ3) is 2.46. The van der Waals surface area contributed by atoms with Gasteiger partial charge in [-0.3, -0.25) is 5.01 Å². The van der Waals surface area contributed by atoms with Crippen LogP contribution in [0, 0.1) is 13.0 Å². The maximum Gasteiger partial charge on any atom is 0.428 e. The second-order valence-corrected chi connectivity index (χ2v) is 5.17. The number of amides is 2. The molecule has 1 aliphatic heterocycles. The van der Waals surface area contributed by atoms with Crippen LogP contribution in [0.25, 0.3) is 11.5 Å². The first-order valence-corrected chi connectivity index (χ1v) is 6.94. The second-order valence-electron chi connectivity index (χ2n) is 5.17. The molecule has 0 spiro atoms. The van der Waals surface area contributed by atoms with Crippen molar-refractivity contribution in [3.63, 3.8) is 0 Å². The number of aromatic nitrogens is 3. The molecule has 112 valence electrons. The first-order valence-electron chi connectivity index (χ1n) is 6.94. The van der Waals surface area contributed by atoms with Gasteiger partial charge in [0.1, 0.15) is 11.5 Å². The molecule has 22 heavy (non-hydrogen) atoms. The molecule has 0 saturated carbocycles. The number of amidine groups is 1. The molecule has 0 aliphatic carbocycles. The van der Waals surface area contributed by atoms with E-state index in [4.69, 9.17) is 0 Å². The molecule has 0 radical (unpaired) electrons. The highest BCUT2D eigenvalue weighted by Crippen LogP contribution is 2.20. The van der Waals surface area contributed by atoms with Gasteiger partial charge in [-0.25, -0.2) is 19.7 Å². The number of nitrogens with zero attached hydrogens (tertiary/aromatic N) is 5. The van der Waals surface area contributed by atoms with Crippen molar-refractivity contribution in [2.75, 3.05) is 4.90 Å². The van der Waals surface area contributed by atoms with Crippen LogP contribution in [0.5, 0.6) is 0 Å². The van der Waals surface area contributed by atoms with Crippen molar-refractivity contribution in [1.82, 2.24) is 15.0 Å². The topological polar surface area (TPSA) is 75.8 Å². The molecule has 2 aromatic rings. The minimum Gasteiger partial charge on any atom is -0.254 e. The van der Waals surface area contributed by atoms with E-state index in [1.54, 1.807) is 30.6 Å². The Morgan fingerprint density at radius 3 is 2.59 bits per heavy atom.